The van der Waals surface area contributed by atoms with Crippen molar-refractivity contribution in [2.45, 2.75) is 31.8 Å². The van der Waals surface area contributed by atoms with Crippen molar-refractivity contribution in [2.24, 2.45) is 0 Å². The third-order valence-corrected chi connectivity index (χ3v) is 7.12. The Balaban J connectivity index is 1.34. The highest BCUT2D eigenvalue weighted by Crippen LogP contribution is 2.44. The second kappa shape index (κ2) is 8.48. The molecule has 1 aliphatic heterocycles. The van der Waals surface area contributed by atoms with Crippen LogP contribution >= 0.6 is 0 Å². The number of rotatable bonds is 6. The van der Waals surface area contributed by atoms with Gasteiger partial charge in [-0.05, 0) is 54.2 Å². The van der Waals surface area contributed by atoms with Crippen LogP contribution in [0.15, 0.2) is 67.0 Å². The number of nitrogens with one attached hydrogen (secondary N) is 2. The molecule has 1 amide bonds. The number of aromatic amines is 1. The lowest BCUT2D eigenvalue weighted by Crippen LogP contribution is -2.17. The van der Waals surface area contributed by atoms with Gasteiger partial charge in [0.15, 0.2) is 11.3 Å². The third-order valence-electron chi connectivity index (χ3n) is 7.12. The van der Waals surface area contributed by atoms with Gasteiger partial charge in [0.1, 0.15) is 11.6 Å². The first-order chi connectivity index (χ1) is 18.2. The topological polar surface area (TPSA) is 100 Å². The molecule has 7 rings (SSSR count). The van der Waals surface area contributed by atoms with Crippen molar-refractivity contribution in [1.29, 1.82) is 0 Å². The summed E-state index contributed by atoms with van der Waals surface area (Å²) in [6, 6.07) is 17.8. The van der Waals surface area contributed by atoms with Crippen LogP contribution in [0.4, 0.5) is 11.5 Å². The smallest absolute Gasteiger partial charge is 0.276 e. The number of ether oxygens (including phenoxy) is 1. The lowest BCUT2D eigenvalue weighted by molar-refractivity contribution is 0.102. The van der Waals surface area contributed by atoms with Gasteiger partial charge in [0.2, 0.25) is 0 Å². The summed E-state index contributed by atoms with van der Waals surface area (Å²) in [5, 5.41) is 14.9. The normalized spacial score (nSPS) is 14.7. The van der Waals surface area contributed by atoms with Gasteiger partial charge in [-0.2, -0.15) is 10.2 Å². The van der Waals surface area contributed by atoms with Gasteiger partial charge in [-0.3, -0.25) is 9.89 Å². The number of benzene rings is 2. The number of carbonyl (C=O) groups excluding carboxylic acids is 1. The van der Waals surface area contributed by atoms with Crippen molar-refractivity contribution < 1.29 is 9.53 Å². The summed E-state index contributed by atoms with van der Waals surface area (Å²) in [5.74, 6) is 1.62. The van der Waals surface area contributed by atoms with Gasteiger partial charge in [0.05, 0.1) is 19.0 Å². The van der Waals surface area contributed by atoms with Gasteiger partial charge in [0.25, 0.3) is 5.91 Å². The van der Waals surface area contributed by atoms with Gasteiger partial charge in [-0.1, -0.05) is 24.3 Å². The van der Waals surface area contributed by atoms with E-state index in [9.17, 15) is 4.79 Å². The number of H-pyrrole nitrogens is 1. The fraction of sp³-hybridized carbons (Fsp3) is 0.214. The lowest BCUT2D eigenvalue weighted by atomic mass is 10.1. The predicted octanol–water partition coefficient (Wildman–Crippen LogP) is 4.78. The number of hydrogen-bond acceptors (Lipinski definition) is 6. The number of carbonyl (C=O) groups is 1. The van der Waals surface area contributed by atoms with Crippen LogP contribution in [-0.4, -0.2) is 37.8 Å². The average molecular weight is 492 g/mol. The van der Waals surface area contributed by atoms with E-state index in [1.165, 1.54) is 11.1 Å². The molecule has 9 heteroatoms. The Morgan fingerprint density at radius 2 is 1.84 bits per heavy atom. The minimum atomic E-state index is -0.245. The van der Waals surface area contributed by atoms with Crippen LogP contribution in [0.2, 0.25) is 0 Å². The highest BCUT2D eigenvalue weighted by atomic mass is 16.5. The Morgan fingerprint density at radius 3 is 2.49 bits per heavy atom. The molecule has 3 aromatic heterocycles. The molecule has 1 saturated carbocycles. The van der Waals surface area contributed by atoms with Crippen molar-refractivity contribution in [3.8, 4) is 17.0 Å². The molecule has 9 nitrogen and oxygen atoms in total. The summed E-state index contributed by atoms with van der Waals surface area (Å²) in [6.07, 6.45) is 5.65. The molecule has 1 fully saturated rings. The van der Waals surface area contributed by atoms with E-state index in [4.69, 9.17) is 14.8 Å². The van der Waals surface area contributed by atoms with Gasteiger partial charge in [-0.15, -0.1) is 0 Å². The molecule has 4 heterocycles. The fourth-order valence-corrected chi connectivity index (χ4v) is 5.06. The van der Waals surface area contributed by atoms with Gasteiger partial charge in [-0.25, -0.2) is 9.50 Å². The molecule has 0 atom stereocenters. The summed E-state index contributed by atoms with van der Waals surface area (Å²) in [6.45, 7) is 1.59. The second-order valence-electron chi connectivity index (χ2n) is 9.57. The predicted molar refractivity (Wildman–Crippen MR) is 140 cm³/mol. The van der Waals surface area contributed by atoms with E-state index in [0.29, 0.717) is 11.4 Å². The summed E-state index contributed by atoms with van der Waals surface area (Å²) in [7, 11) is 1.62. The van der Waals surface area contributed by atoms with Crippen LogP contribution in [-0.2, 0) is 13.1 Å². The molecule has 37 heavy (non-hydrogen) atoms. The zero-order valence-corrected chi connectivity index (χ0v) is 20.3. The highest BCUT2D eigenvalue weighted by Gasteiger charge is 2.35. The summed E-state index contributed by atoms with van der Waals surface area (Å²) in [5.41, 5.74) is 7.09. The molecular formula is C28H25N7O2. The molecule has 184 valence electrons. The number of aromatic nitrogens is 5. The van der Waals surface area contributed by atoms with Crippen molar-refractivity contribution >= 4 is 23.1 Å². The number of anilines is 2. The van der Waals surface area contributed by atoms with E-state index in [2.05, 4.69) is 44.7 Å². The molecular weight excluding hydrogens is 466 g/mol. The van der Waals surface area contributed by atoms with E-state index in [0.717, 1.165) is 60.0 Å². The minimum Gasteiger partial charge on any atom is -0.497 e. The van der Waals surface area contributed by atoms with Crippen molar-refractivity contribution in [3.05, 3.63) is 89.4 Å². The van der Waals surface area contributed by atoms with Gasteiger partial charge >= 0.3 is 0 Å². The highest BCUT2D eigenvalue weighted by molar-refractivity contribution is 6.05. The van der Waals surface area contributed by atoms with Crippen LogP contribution in [0.3, 0.4) is 0 Å². The van der Waals surface area contributed by atoms with Crippen molar-refractivity contribution in [2.75, 3.05) is 17.3 Å². The third kappa shape index (κ3) is 3.79. The number of methoxy groups -OCH3 is 1. The average Bonchev–Trinajstić information content (AvgIpc) is 3.32. The van der Waals surface area contributed by atoms with Gasteiger partial charge < -0.3 is 15.0 Å². The SMILES string of the molecule is COc1ccc(NC(=O)c2nn3c(-c4cn[nH]c4)cc(N4Cc5ccccc5C4)nc3c2C2CC2)cc1. The van der Waals surface area contributed by atoms with E-state index >= 15 is 0 Å². The number of amides is 1. The molecule has 0 spiro atoms. The van der Waals surface area contributed by atoms with Crippen LogP contribution in [0.5, 0.6) is 5.75 Å². The van der Waals surface area contributed by atoms with E-state index in [-0.39, 0.29) is 11.8 Å². The van der Waals surface area contributed by atoms with Crippen molar-refractivity contribution in [3.63, 3.8) is 0 Å². The Morgan fingerprint density at radius 1 is 1.08 bits per heavy atom. The molecule has 1 aliphatic carbocycles. The monoisotopic (exact) mass is 491 g/mol. The number of hydrogen-bond donors (Lipinski definition) is 2. The summed E-state index contributed by atoms with van der Waals surface area (Å²) in [4.78, 5) is 20.9. The van der Waals surface area contributed by atoms with E-state index in [1.807, 2.05) is 36.5 Å². The number of fused-ring (bicyclic) bond motifs is 2. The largest absolute Gasteiger partial charge is 0.497 e. The van der Waals surface area contributed by atoms with E-state index in [1.54, 1.807) is 17.8 Å². The standard InChI is InChI=1S/C28H25N7O2/c1-37-22-10-8-21(9-11-22)31-28(36)26-25(17-6-7-17)27-32-24(34-15-18-4-2-3-5-19(18)16-34)12-23(35(27)33-26)20-13-29-30-14-20/h2-5,8-14,17H,6-7,15-16H2,1H3,(H,29,30)(H,31,36). The number of nitrogens with zero attached hydrogens (tertiary/aromatic N) is 5. The Labute approximate surface area is 213 Å². The fourth-order valence-electron chi connectivity index (χ4n) is 5.06. The van der Waals surface area contributed by atoms with Crippen LogP contribution < -0.4 is 15.0 Å². The lowest BCUT2D eigenvalue weighted by Gasteiger charge is -2.18. The van der Waals surface area contributed by atoms with Crippen LogP contribution in [0.1, 0.15) is 45.9 Å². The van der Waals surface area contributed by atoms with Crippen LogP contribution in [0, 0.1) is 0 Å². The maximum absolute atomic E-state index is 13.5. The molecule has 0 saturated heterocycles. The molecule has 2 aliphatic rings. The first-order valence-corrected chi connectivity index (χ1v) is 12.4. The molecule has 2 aromatic carbocycles. The first-order valence-electron chi connectivity index (χ1n) is 12.4. The Bertz CT molecular complexity index is 1590. The maximum Gasteiger partial charge on any atom is 0.276 e. The molecule has 5 aromatic rings. The van der Waals surface area contributed by atoms with Crippen LogP contribution in [0.25, 0.3) is 16.9 Å². The Hall–Kier alpha value is -4.66. The second-order valence-corrected chi connectivity index (χ2v) is 9.57. The van der Waals surface area contributed by atoms with E-state index < -0.39 is 0 Å². The molecule has 0 bridgehead atoms. The zero-order chi connectivity index (χ0) is 24.9. The zero-order valence-electron chi connectivity index (χ0n) is 20.3. The molecule has 0 radical (unpaired) electrons. The Kier molecular flexibility index (Phi) is 4.95. The van der Waals surface area contributed by atoms with Gasteiger partial charge in [0, 0.05) is 42.2 Å². The molecule has 0 unspecified atom stereocenters. The summed E-state index contributed by atoms with van der Waals surface area (Å²) >= 11 is 0. The maximum atomic E-state index is 13.5. The minimum absolute atomic E-state index is 0.245. The quantitative estimate of drug-likeness (QED) is 0.355. The summed E-state index contributed by atoms with van der Waals surface area (Å²) < 4.78 is 7.03. The van der Waals surface area contributed by atoms with Crippen molar-refractivity contribution in [1.82, 2.24) is 24.8 Å². The molecule has 2 N–H and O–H groups in total. The first kappa shape index (κ1) is 21.6.